The molecule has 1 saturated carbocycles. The number of nitrogens with one attached hydrogen (secondary N) is 1. The molecule has 3 amide bonds. The summed E-state index contributed by atoms with van der Waals surface area (Å²) in [5, 5.41) is 4.38. The zero-order chi connectivity index (χ0) is 38.0. The van der Waals surface area contributed by atoms with Gasteiger partial charge in [-0.1, -0.05) is 53.0 Å². The van der Waals surface area contributed by atoms with Crippen molar-refractivity contribution in [1.82, 2.24) is 20.1 Å². The SMILES string of the molecule is CC(=O)NCc1ccc(Cl)c(CN(C(=O)C2CN(C(=O)OC(C)(C)C)CCC2c2ccc(N3CC[C@H](Oc4c(Cl)cc(C)cc4Cl)C3)nc2)C2CC2)c1. The first-order valence-electron chi connectivity index (χ1n) is 18.3. The second-order valence-corrected chi connectivity index (χ2v) is 16.7. The van der Waals surface area contributed by atoms with Gasteiger partial charge in [-0.2, -0.15) is 0 Å². The van der Waals surface area contributed by atoms with Crippen LogP contribution in [-0.2, 0) is 27.4 Å². The molecule has 284 valence electrons. The van der Waals surface area contributed by atoms with Crippen LogP contribution in [-0.4, -0.2) is 76.6 Å². The maximum absolute atomic E-state index is 14.7. The summed E-state index contributed by atoms with van der Waals surface area (Å²) in [5.74, 6) is 0.506. The van der Waals surface area contributed by atoms with E-state index in [9.17, 15) is 14.4 Å². The van der Waals surface area contributed by atoms with E-state index in [1.165, 1.54) is 6.92 Å². The Morgan fingerprint density at radius 3 is 2.32 bits per heavy atom. The van der Waals surface area contributed by atoms with E-state index in [4.69, 9.17) is 49.3 Å². The molecule has 13 heteroatoms. The summed E-state index contributed by atoms with van der Waals surface area (Å²) in [6.45, 7) is 11.7. The molecule has 1 aromatic heterocycles. The zero-order valence-electron chi connectivity index (χ0n) is 31.0. The summed E-state index contributed by atoms with van der Waals surface area (Å²) >= 11 is 19.6. The van der Waals surface area contributed by atoms with Gasteiger partial charge in [0.1, 0.15) is 17.5 Å². The van der Waals surface area contributed by atoms with E-state index < -0.39 is 17.6 Å². The Morgan fingerprint density at radius 1 is 0.943 bits per heavy atom. The normalized spacial score (nSPS) is 20.3. The number of benzene rings is 2. The molecule has 53 heavy (non-hydrogen) atoms. The Balaban J connectivity index is 1.21. The average Bonchev–Trinajstić information content (AvgIpc) is 3.84. The van der Waals surface area contributed by atoms with Crippen molar-refractivity contribution < 1.29 is 23.9 Å². The lowest BCUT2D eigenvalue weighted by Gasteiger charge is -2.40. The molecule has 1 N–H and O–H groups in total. The fourth-order valence-corrected chi connectivity index (χ4v) is 8.01. The number of piperidine rings is 1. The maximum Gasteiger partial charge on any atom is 0.410 e. The van der Waals surface area contributed by atoms with Gasteiger partial charge in [-0.05, 0) is 93.5 Å². The van der Waals surface area contributed by atoms with Crippen molar-refractivity contribution in [3.8, 4) is 5.75 Å². The van der Waals surface area contributed by atoms with Gasteiger partial charge in [0.15, 0.2) is 5.75 Å². The Morgan fingerprint density at radius 2 is 1.68 bits per heavy atom. The Labute approximate surface area is 327 Å². The van der Waals surface area contributed by atoms with Crippen molar-refractivity contribution in [2.75, 3.05) is 31.1 Å². The van der Waals surface area contributed by atoms with Crippen molar-refractivity contribution in [2.24, 2.45) is 5.92 Å². The third-order valence-corrected chi connectivity index (χ3v) is 10.9. The van der Waals surface area contributed by atoms with E-state index in [0.717, 1.165) is 53.9 Å². The number of nitrogens with zero attached hydrogens (tertiary/aromatic N) is 4. The van der Waals surface area contributed by atoms with Gasteiger partial charge < -0.3 is 29.5 Å². The van der Waals surface area contributed by atoms with Crippen LogP contribution in [0.15, 0.2) is 48.7 Å². The molecule has 3 aliphatic rings. The molecule has 0 spiro atoms. The molecule has 3 aromatic rings. The second-order valence-electron chi connectivity index (χ2n) is 15.4. The van der Waals surface area contributed by atoms with Gasteiger partial charge in [-0.15, -0.1) is 0 Å². The van der Waals surface area contributed by atoms with E-state index in [1.807, 2.05) is 75.2 Å². The Kier molecular flexibility index (Phi) is 12.0. The molecule has 1 aliphatic carbocycles. The molecule has 0 radical (unpaired) electrons. The van der Waals surface area contributed by atoms with Crippen LogP contribution in [0.1, 0.15) is 81.5 Å². The largest absolute Gasteiger partial charge is 0.485 e. The molecule has 2 aliphatic heterocycles. The number of carbonyl (C=O) groups is 3. The molecular weight excluding hydrogens is 737 g/mol. The highest BCUT2D eigenvalue weighted by atomic mass is 35.5. The lowest BCUT2D eigenvalue weighted by atomic mass is 9.80. The molecule has 10 nitrogen and oxygen atoms in total. The highest BCUT2D eigenvalue weighted by Gasteiger charge is 2.43. The zero-order valence-corrected chi connectivity index (χ0v) is 33.2. The molecule has 2 aromatic carbocycles. The maximum atomic E-state index is 14.7. The number of hydrogen-bond donors (Lipinski definition) is 1. The Hall–Kier alpha value is -3.73. The van der Waals surface area contributed by atoms with Gasteiger partial charge in [0.05, 0.1) is 22.5 Å². The number of amides is 3. The topological polar surface area (TPSA) is 104 Å². The molecule has 2 saturated heterocycles. The van der Waals surface area contributed by atoms with Crippen molar-refractivity contribution >= 4 is 58.5 Å². The number of aryl methyl sites for hydroxylation is 1. The van der Waals surface area contributed by atoms with Gasteiger partial charge in [-0.25, -0.2) is 9.78 Å². The van der Waals surface area contributed by atoms with Crippen LogP contribution in [0, 0.1) is 12.8 Å². The molecule has 6 rings (SSSR count). The van der Waals surface area contributed by atoms with Crippen molar-refractivity contribution in [3.05, 3.63) is 86.0 Å². The van der Waals surface area contributed by atoms with E-state index in [-0.39, 0.29) is 36.4 Å². The van der Waals surface area contributed by atoms with Crippen molar-refractivity contribution in [3.63, 3.8) is 0 Å². The molecule has 2 unspecified atom stereocenters. The summed E-state index contributed by atoms with van der Waals surface area (Å²) in [5.41, 5.74) is 2.98. The second kappa shape index (κ2) is 16.3. The van der Waals surface area contributed by atoms with Crippen LogP contribution in [0.4, 0.5) is 10.6 Å². The molecule has 3 atom stereocenters. The lowest BCUT2D eigenvalue weighted by Crippen LogP contribution is -2.51. The van der Waals surface area contributed by atoms with Crippen molar-refractivity contribution in [1.29, 1.82) is 0 Å². The fraction of sp³-hybridized carbons (Fsp3) is 0.500. The fourth-order valence-electron chi connectivity index (χ4n) is 7.15. The van der Waals surface area contributed by atoms with Gasteiger partial charge >= 0.3 is 6.09 Å². The number of carbonyl (C=O) groups excluding carboxylic acids is 3. The number of halogens is 3. The third-order valence-electron chi connectivity index (χ3n) is 9.94. The average molecular weight is 785 g/mol. The quantitative estimate of drug-likeness (QED) is 0.221. The first-order chi connectivity index (χ1) is 25.1. The van der Waals surface area contributed by atoms with Gasteiger partial charge in [0.2, 0.25) is 11.8 Å². The predicted octanol–water partition coefficient (Wildman–Crippen LogP) is 8.18. The van der Waals surface area contributed by atoms with Gasteiger partial charge in [0.25, 0.3) is 0 Å². The molecule has 3 heterocycles. The van der Waals surface area contributed by atoms with Crippen LogP contribution in [0.2, 0.25) is 15.1 Å². The van der Waals surface area contributed by atoms with E-state index in [2.05, 4.69) is 16.3 Å². The number of anilines is 1. The molecular formula is C40H48Cl3N5O5. The van der Waals surface area contributed by atoms with Gasteiger partial charge in [-0.3, -0.25) is 9.59 Å². The predicted molar refractivity (Wildman–Crippen MR) is 208 cm³/mol. The monoisotopic (exact) mass is 783 g/mol. The van der Waals surface area contributed by atoms with Crippen LogP contribution >= 0.6 is 34.8 Å². The smallest absolute Gasteiger partial charge is 0.410 e. The third kappa shape index (κ3) is 9.88. The minimum absolute atomic E-state index is 0.0221. The highest BCUT2D eigenvalue weighted by molar-refractivity contribution is 6.37. The summed E-state index contributed by atoms with van der Waals surface area (Å²) in [7, 11) is 0. The number of likely N-dealkylation sites (tertiary alicyclic amines) is 1. The first kappa shape index (κ1) is 39.0. The molecule has 0 bridgehead atoms. The molecule has 3 fully saturated rings. The van der Waals surface area contributed by atoms with Crippen LogP contribution < -0.4 is 15.0 Å². The number of hydrogen-bond acceptors (Lipinski definition) is 7. The standard InChI is InChI=1S/C40H48Cl3N5O5/c1-24-16-34(42)37(35(43)17-24)52-30-12-14-46(22-30)36-11-7-27(20-45-36)31-13-15-47(39(51)53-40(3,4)5)23-32(31)38(50)48(29-8-9-29)21-28-18-26(6-10-33(28)41)19-44-25(2)49/h6-7,10-11,16-18,20,29-32H,8-9,12-15,19,21-23H2,1-5H3,(H,44,49)/t30-,31?,32?/m0/s1. The van der Waals surface area contributed by atoms with Crippen LogP contribution in [0.5, 0.6) is 5.75 Å². The summed E-state index contributed by atoms with van der Waals surface area (Å²) < 4.78 is 12.0. The van der Waals surface area contributed by atoms with Crippen LogP contribution in [0.25, 0.3) is 0 Å². The van der Waals surface area contributed by atoms with Gasteiger partial charge in [0, 0.05) is 69.2 Å². The van der Waals surface area contributed by atoms with Crippen molar-refractivity contribution in [2.45, 2.75) is 97.1 Å². The minimum atomic E-state index is -0.662. The minimum Gasteiger partial charge on any atom is -0.485 e. The van der Waals surface area contributed by atoms with E-state index >= 15 is 0 Å². The number of rotatable bonds is 10. The first-order valence-corrected chi connectivity index (χ1v) is 19.4. The van der Waals surface area contributed by atoms with Crippen LogP contribution in [0.3, 0.4) is 0 Å². The summed E-state index contributed by atoms with van der Waals surface area (Å²) in [4.78, 5) is 50.2. The van der Waals surface area contributed by atoms with E-state index in [0.29, 0.717) is 53.4 Å². The summed E-state index contributed by atoms with van der Waals surface area (Å²) in [6, 6.07) is 13.5. The summed E-state index contributed by atoms with van der Waals surface area (Å²) in [6.07, 6.45) is 4.53. The number of ether oxygens (including phenoxy) is 2. The number of pyridine rings is 1. The van der Waals surface area contributed by atoms with E-state index in [1.54, 1.807) is 4.90 Å². The highest BCUT2D eigenvalue weighted by Crippen LogP contribution is 2.40. The lowest BCUT2D eigenvalue weighted by molar-refractivity contribution is -0.139. The number of aromatic nitrogens is 1. The Bertz CT molecular complexity index is 1810.